The molecule has 15 rings (SSSR count). The average Bonchev–Trinajstić information content (AvgIpc) is 4.33. The Labute approximate surface area is 454 Å². The molecular formula is C75H53N3. The van der Waals surface area contributed by atoms with Crippen molar-refractivity contribution >= 4 is 60.7 Å². The van der Waals surface area contributed by atoms with Crippen LogP contribution < -0.4 is 4.90 Å². The van der Waals surface area contributed by atoms with Crippen LogP contribution in [0.2, 0.25) is 0 Å². The fourth-order valence-electron chi connectivity index (χ4n) is 12.6. The zero-order valence-electron chi connectivity index (χ0n) is 43.5. The molecular weight excluding hydrogens is 943 g/mol. The predicted molar refractivity (Wildman–Crippen MR) is 329 cm³/mol. The molecule has 0 N–H and O–H groups in total. The minimum absolute atomic E-state index is 0.254. The smallest absolute Gasteiger partial charge is 0.0547 e. The normalized spacial score (nSPS) is 12.6. The minimum atomic E-state index is -0.254. The van der Waals surface area contributed by atoms with E-state index in [0.717, 1.165) is 22.7 Å². The van der Waals surface area contributed by atoms with E-state index < -0.39 is 0 Å². The monoisotopic (exact) mass is 995 g/mol. The molecule has 0 saturated heterocycles. The summed E-state index contributed by atoms with van der Waals surface area (Å²) in [5.41, 5.74) is 25.1. The molecule has 0 aliphatic heterocycles. The molecule has 78 heavy (non-hydrogen) atoms. The summed E-state index contributed by atoms with van der Waals surface area (Å²) in [5, 5.41) is 5.02. The molecule has 1 aliphatic rings. The van der Waals surface area contributed by atoms with Gasteiger partial charge in [-0.05, 0) is 164 Å². The quantitative estimate of drug-likeness (QED) is 0.140. The molecule has 0 amide bonds. The van der Waals surface area contributed by atoms with Gasteiger partial charge in [-0.25, -0.2) is 0 Å². The molecule has 14 aromatic rings. The van der Waals surface area contributed by atoms with Crippen molar-refractivity contribution in [2.75, 3.05) is 4.90 Å². The van der Waals surface area contributed by atoms with Gasteiger partial charge in [0.2, 0.25) is 0 Å². The van der Waals surface area contributed by atoms with Gasteiger partial charge < -0.3 is 14.0 Å². The molecule has 0 unspecified atom stereocenters. The number of aromatic nitrogens is 2. The molecule has 0 spiro atoms. The van der Waals surface area contributed by atoms with E-state index in [9.17, 15) is 0 Å². The van der Waals surface area contributed by atoms with Crippen LogP contribution in [-0.4, -0.2) is 9.13 Å². The highest BCUT2D eigenvalue weighted by Crippen LogP contribution is 2.52. The second-order valence-electron chi connectivity index (χ2n) is 21.3. The van der Waals surface area contributed by atoms with Crippen molar-refractivity contribution in [2.24, 2.45) is 0 Å². The van der Waals surface area contributed by atoms with Crippen molar-refractivity contribution in [2.45, 2.75) is 19.3 Å². The van der Waals surface area contributed by atoms with Gasteiger partial charge in [-0.2, -0.15) is 0 Å². The summed E-state index contributed by atoms with van der Waals surface area (Å²) in [4.78, 5) is 2.43. The van der Waals surface area contributed by atoms with Crippen LogP contribution in [0.1, 0.15) is 25.0 Å². The van der Waals surface area contributed by atoms with Gasteiger partial charge in [-0.15, -0.1) is 0 Å². The zero-order chi connectivity index (χ0) is 51.9. The van der Waals surface area contributed by atoms with Crippen LogP contribution in [0.25, 0.3) is 111 Å². The Morgan fingerprint density at radius 3 is 1.23 bits per heavy atom. The van der Waals surface area contributed by atoms with Gasteiger partial charge in [0, 0.05) is 55.4 Å². The second-order valence-corrected chi connectivity index (χ2v) is 21.3. The fraction of sp³-hybridized carbons (Fsp3) is 0.0400. The summed E-state index contributed by atoms with van der Waals surface area (Å²) >= 11 is 0. The van der Waals surface area contributed by atoms with Gasteiger partial charge in [0.25, 0.3) is 0 Å². The molecule has 0 saturated carbocycles. The van der Waals surface area contributed by atoms with Crippen molar-refractivity contribution in [1.29, 1.82) is 0 Å². The standard InChI is InChI=1S/C75H53N3/c1-75(2)69-47-56(55-36-45-73-68(46-55)66-23-13-15-25-72(66)77(73)58-18-8-4-9-19-58)34-42-63(69)64-44-41-62(49-70(64)75)76(60-37-30-53(31-38-60)52-28-26-51(27-29-52)50-16-6-3-7-17-50)61-39-32-54(33-40-61)57-35-43-67-65-22-12-14-24-71(65)78(74(67)48-57)59-20-10-5-11-21-59/h3-49H,1-2H3. The first-order valence-electron chi connectivity index (χ1n) is 27.1. The van der Waals surface area contributed by atoms with Crippen molar-refractivity contribution in [3.8, 4) is 67.0 Å². The lowest BCUT2D eigenvalue weighted by molar-refractivity contribution is 0.660. The van der Waals surface area contributed by atoms with Crippen LogP contribution in [0.15, 0.2) is 285 Å². The molecule has 368 valence electrons. The summed E-state index contributed by atoms with van der Waals surface area (Å²) in [6.45, 7) is 4.79. The van der Waals surface area contributed by atoms with Crippen LogP contribution in [0.4, 0.5) is 17.1 Å². The maximum atomic E-state index is 2.45. The average molecular weight is 996 g/mol. The lowest BCUT2D eigenvalue weighted by atomic mass is 9.81. The highest BCUT2D eigenvalue weighted by atomic mass is 15.1. The van der Waals surface area contributed by atoms with E-state index in [4.69, 9.17) is 0 Å². The summed E-state index contributed by atoms with van der Waals surface area (Å²) < 4.78 is 4.78. The number of para-hydroxylation sites is 4. The Morgan fingerprint density at radius 2 is 0.628 bits per heavy atom. The van der Waals surface area contributed by atoms with Gasteiger partial charge in [0.05, 0.1) is 22.1 Å². The summed E-state index contributed by atoms with van der Waals surface area (Å²) in [5.74, 6) is 0. The van der Waals surface area contributed by atoms with E-state index in [1.165, 1.54) is 116 Å². The van der Waals surface area contributed by atoms with E-state index >= 15 is 0 Å². The number of hydrogen-bond donors (Lipinski definition) is 0. The lowest BCUT2D eigenvalue weighted by Crippen LogP contribution is -2.16. The van der Waals surface area contributed by atoms with Gasteiger partial charge in [-0.1, -0.05) is 202 Å². The van der Waals surface area contributed by atoms with Crippen LogP contribution in [0.3, 0.4) is 0 Å². The molecule has 2 aromatic heterocycles. The molecule has 3 heteroatoms. The van der Waals surface area contributed by atoms with Crippen molar-refractivity contribution < 1.29 is 0 Å². The second kappa shape index (κ2) is 18.1. The maximum Gasteiger partial charge on any atom is 0.0547 e. The molecule has 2 heterocycles. The molecule has 0 bridgehead atoms. The number of hydrogen-bond acceptors (Lipinski definition) is 1. The van der Waals surface area contributed by atoms with Crippen LogP contribution in [0, 0.1) is 0 Å². The molecule has 0 atom stereocenters. The molecule has 0 fully saturated rings. The minimum Gasteiger partial charge on any atom is -0.310 e. The van der Waals surface area contributed by atoms with E-state index in [-0.39, 0.29) is 5.41 Å². The molecule has 0 radical (unpaired) electrons. The maximum absolute atomic E-state index is 2.45. The first-order valence-corrected chi connectivity index (χ1v) is 27.1. The number of benzene rings is 12. The number of rotatable bonds is 9. The molecule has 12 aromatic carbocycles. The number of fused-ring (bicyclic) bond motifs is 9. The van der Waals surface area contributed by atoms with Crippen molar-refractivity contribution in [1.82, 2.24) is 9.13 Å². The topological polar surface area (TPSA) is 13.1 Å². The van der Waals surface area contributed by atoms with Crippen molar-refractivity contribution in [3.63, 3.8) is 0 Å². The number of anilines is 3. The highest BCUT2D eigenvalue weighted by molar-refractivity contribution is 6.11. The van der Waals surface area contributed by atoms with Gasteiger partial charge >= 0.3 is 0 Å². The third-order valence-electron chi connectivity index (χ3n) is 16.5. The van der Waals surface area contributed by atoms with Crippen LogP contribution >= 0.6 is 0 Å². The van der Waals surface area contributed by atoms with Gasteiger partial charge in [-0.3, -0.25) is 0 Å². The Morgan fingerprint density at radius 1 is 0.256 bits per heavy atom. The molecule has 1 aliphatic carbocycles. The Hall–Kier alpha value is -9.96. The first-order chi connectivity index (χ1) is 38.4. The predicted octanol–water partition coefficient (Wildman–Crippen LogP) is 20.3. The number of nitrogens with zero attached hydrogens (tertiary/aromatic N) is 3. The van der Waals surface area contributed by atoms with Crippen LogP contribution in [0.5, 0.6) is 0 Å². The Balaban J connectivity index is 0.803. The largest absolute Gasteiger partial charge is 0.310 e. The summed E-state index contributed by atoms with van der Waals surface area (Å²) in [7, 11) is 0. The van der Waals surface area contributed by atoms with Crippen LogP contribution in [-0.2, 0) is 5.41 Å². The first kappa shape index (κ1) is 45.4. The van der Waals surface area contributed by atoms with Gasteiger partial charge in [0.1, 0.15) is 0 Å². The zero-order valence-corrected chi connectivity index (χ0v) is 43.5. The Kier molecular flexibility index (Phi) is 10.6. The van der Waals surface area contributed by atoms with E-state index in [1.54, 1.807) is 0 Å². The lowest BCUT2D eigenvalue weighted by Gasteiger charge is -2.28. The summed E-state index contributed by atoms with van der Waals surface area (Å²) in [6, 6.07) is 105. The fourth-order valence-corrected chi connectivity index (χ4v) is 12.6. The third-order valence-corrected chi connectivity index (χ3v) is 16.5. The molecule has 3 nitrogen and oxygen atoms in total. The third kappa shape index (κ3) is 7.42. The SMILES string of the molecule is CC1(C)c2cc(-c3ccc4c(c3)c3ccccc3n4-c3ccccc3)ccc2-c2ccc(N(c3ccc(-c4ccc(-c5ccccc5)cc4)cc3)c3ccc(-c4ccc5c6ccccc6n(-c6ccccc6)c5c4)cc3)cc21. The highest BCUT2D eigenvalue weighted by Gasteiger charge is 2.36. The van der Waals surface area contributed by atoms with E-state index in [2.05, 4.69) is 313 Å². The summed E-state index contributed by atoms with van der Waals surface area (Å²) in [6.07, 6.45) is 0. The Bertz CT molecular complexity index is 4580. The van der Waals surface area contributed by atoms with E-state index in [0.29, 0.717) is 0 Å². The van der Waals surface area contributed by atoms with Gasteiger partial charge in [0.15, 0.2) is 0 Å². The van der Waals surface area contributed by atoms with E-state index in [1.807, 2.05) is 0 Å². The van der Waals surface area contributed by atoms with Crippen molar-refractivity contribution in [3.05, 3.63) is 296 Å².